The Kier molecular flexibility index (Phi) is 4.81. The lowest BCUT2D eigenvalue weighted by atomic mass is 9.77. The van der Waals surface area contributed by atoms with Crippen LogP contribution in [-0.4, -0.2) is 29.0 Å². The van der Waals surface area contributed by atoms with Crippen LogP contribution in [0.15, 0.2) is 66.7 Å². The maximum Gasteiger partial charge on any atom is 0.241 e. The highest BCUT2D eigenvalue weighted by molar-refractivity contribution is 6.42. The summed E-state index contributed by atoms with van der Waals surface area (Å²) in [5.74, 6) is -4.82. The third-order valence-corrected chi connectivity index (χ3v) is 7.83. The Hall–Kier alpha value is -3.32. The molecule has 0 aromatic heterocycles. The summed E-state index contributed by atoms with van der Waals surface area (Å²) < 4.78 is 6.26. The zero-order valence-electron chi connectivity index (χ0n) is 18.3. The molecule has 0 N–H and O–H groups in total. The van der Waals surface area contributed by atoms with Gasteiger partial charge in [0.15, 0.2) is 0 Å². The van der Waals surface area contributed by atoms with Gasteiger partial charge in [-0.25, -0.2) is 4.90 Å². The number of hydrogen-bond donors (Lipinski definition) is 0. The number of imide groups is 1. The topological polar surface area (TPSA) is 80.8 Å². The quantitative estimate of drug-likeness (QED) is 0.361. The molecule has 2 aliphatic heterocycles. The molecular formula is C27H17Cl2NO5. The van der Waals surface area contributed by atoms with Gasteiger partial charge in [0.1, 0.15) is 0 Å². The van der Waals surface area contributed by atoms with Crippen LogP contribution in [0.5, 0.6) is 0 Å². The Labute approximate surface area is 210 Å². The minimum atomic E-state index is -2.11. The lowest BCUT2D eigenvalue weighted by Gasteiger charge is -2.27. The molecule has 0 unspecified atom stereocenters. The normalized spacial score (nSPS) is 24.4. The van der Waals surface area contributed by atoms with Crippen LogP contribution in [0.2, 0.25) is 10.0 Å². The molecule has 8 heteroatoms. The first-order chi connectivity index (χ1) is 16.8. The van der Waals surface area contributed by atoms with Crippen molar-refractivity contribution in [2.24, 2.45) is 11.8 Å². The second-order valence-electron chi connectivity index (χ2n) is 9.00. The largest absolute Gasteiger partial charge is 0.349 e. The van der Waals surface area contributed by atoms with Crippen LogP contribution in [0, 0.1) is 18.8 Å². The van der Waals surface area contributed by atoms with Crippen molar-refractivity contribution in [3.8, 4) is 0 Å². The highest BCUT2D eigenvalue weighted by Crippen LogP contribution is 2.57. The Morgan fingerprint density at radius 1 is 0.800 bits per heavy atom. The Morgan fingerprint density at radius 3 is 2.03 bits per heavy atom. The van der Waals surface area contributed by atoms with E-state index in [0.29, 0.717) is 5.56 Å². The van der Waals surface area contributed by atoms with Gasteiger partial charge in [-0.2, -0.15) is 0 Å². The van der Waals surface area contributed by atoms with E-state index in [2.05, 4.69) is 0 Å². The Bertz CT molecular complexity index is 1430. The number of Topliss-reactive ketones (excluding diaryl/α,β-unsaturated/α-hetero) is 2. The number of carbonyl (C=O) groups excluding carboxylic acids is 4. The molecule has 0 bridgehead atoms. The number of benzene rings is 3. The number of carbonyl (C=O) groups is 4. The van der Waals surface area contributed by atoms with Gasteiger partial charge in [-0.1, -0.05) is 77.3 Å². The van der Waals surface area contributed by atoms with Gasteiger partial charge in [-0.3, -0.25) is 19.2 Å². The molecular weight excluding hydrogens is 489 g/mol. The summed E-state index contributed by atoms with van der Waals surface area (Å²) in [7, 11) is 0. The molecule has 0 radical (unpaired) electrons. The van der Waals surface area contributed by atoms with Crippen LogP contribution in [0.4, 0.5) is 5.69 Å². The fraction of sp³-hybridized carbons (Fsp3) is 0.185. The Balaban J connectivity index is 1.54. The van der Waals surface area contributed by atoms with Crippen molar-refractivity contribution in [2.75, 3.05) is 4.90 Å². The molecule has 2 saturated heterocycles. The number of fused-ring (bicyclic) bond motifs is 3. The van der Waals surface area contributed by atoms with Crippen molar-refractivity contribution in [1.29, 1.82) is 0 Å². The van der Waals surface area contributed by atoms with Crippen LogP contribution in [-0.2, 0) is 14.3 Å². The average molecular weight is 506 g/mol. The molecule has 174 valence electrons. The van der Waals surface area contributed by atoms with Crippen LogP contribution in [0.25, 0.3) is 0 Å². The summed E-state index contributed by atoms with van der Waals surface area (Å²) in [6.45, 7) is 1.92. The molecule has 3 aliphatic rings. The van der Waals surface area contributed by atoms with Crippen molar-refractivity contribution in [1.82, 2.24) is 0 Å². The third kappa shape index (κ3) is 2.88. The first-order valence-corrected chi connectivity index (χ1v) is 11.8. The molecule has 3 aromatic carbocycles. The van der Waals surface area contributed by atoms with Crippen molar-refractivity contribution in [3.63, 3.8) is 0 Å². The van der Waals surface area contributed by atoms with E-state index < -0.39 is 46.9 Å². The minimum absolute atomic E-state index is 0.170. The fourth-order valence-corrected chi connectivity index (χ4v) is 5.75. The van der Waals surface area contributed by atoms with Gasteiger partial charge in [0.25, 0.3) is 0 Å². The van der Waals surface area contributed by atoms with E-state index in [1.54, 1.807) is 36.4 Å². The first-order valence-electron chi connectivity index (χ1n) is 11.0. The van der Waals surface area contributed by atoms with Crippen molar-refractivity contribution < 1.29 is 23.9 Å². The lowest BCUT2D eigenvalue weighted by molar-refractivity contribution is -0.127. The lowest BCUT2D eigenvalue weighted by Crippen LogP contribution is -2.51. The molecule has 2 amide bonds. The predicted molar refractivity (Wildman–Crippen MR) is 129 cm³/mol. The third-order valence-electron chi connectivity index (χ3n) is 7.09. The van der Waals surface area contributed by atoms with Gasteiger partial charge in [0.05, 0.1) is 33.7 Å². The number of ether oxygens (including phenoxy) is 1. The monoisotopic (exact) mass is 505 g/mol. The molecule has 35 heavy (non-hydrogen) atoms. The molecule has 2 heterocycles. The molecule has 3 aromatic rings. The molecule has 1 aliphatic carbocycles. The number of anilines is 1. The van der Waals surface area contributed by atoms with E-state index in [-0.39, 0.29) is 26.9 Å². The standard InChI is InChI=1S/C27H17Cl2NO5/c1-13-6-8-14(9-7-13)22-20-21(26(34)30(25(20)33)15-10-11-18(28)19(29)12-15)27(35-22)23(31)16-4-2-3-5-17(16)24(27)32/h2-12,20-22H,1H3/t20-,21-,22-/m1/s1. The van der Waals surface area contributed by atoms with Gasteiger partial charge < -0.3 is 4.74 Å². The van der Waals surface area contributed by atoms with Gasteiger partial charge in [-0.05, 0) is 30.7 Å². The maximum absolute atomic E-state index is 13.9. The maximum atomic E-state index is 13.9. The number of ketones is 2. The van der Waals surface area contributed by atoms with E-state index in [0.717, 1.165) is 10.5 Å². The van der Waals surface area contributed by atoms with Crippen LogP contribution < -0.4 is 4.90 Å². The molecule has 0 saturated carbocycles. The molecule has 3 atom stereocenters. The molecule has 6 rings (SSSR count). The zero-order valence-corrected chi connectivity index (χ0v) is 19.8. The average Bonchev–Trinajstić information content (AvgIpc) is 3.41. The summed E-state index contributed by atoms with van der Waals surface area (Å²) in [6.07, 6.45) is -0.966. The first kappa shape index (κ1) is 22.2. The van der Waals surface area contributed by atoms with Gasteiger partial charge in [0.2, 0.25) is 29.0 Å². The number of nitrogens with zero attached hydrogens (tertiary/aromatic N) is 1. The van der Waals surface area contributed by atoms with Crippen molar-refractivity contribution in [3.05, 3.63) is 99.0 Å². The molecule has 2 fully saturated rings. The highest BCUT2D eigenvalue weighted by atomic mass is 35.5. The fourth-order valence-electron chi connectivity index (χ4n) is 5.45. The van der Waals surface area contributed by atoms with Gasteiger partial charge in [-0.15, -0.1) is 0 Å². The van der Waals surface area contributed by atoms with Crippen molar-refractivity contribution >= 4 is 52.3 Å². The molecule has 1 spiro atoms. The van der Waals surface area contributed by atoms with Crippen LogP contribution in [0.3, 0.4) is 0 Å². The van der Waals surface area contributed by atoms with E-state index in [1.165, 1.54) is 18.2 Å². The second-order valence-corrected chi connectivity index (χ2v) is 9.82. The van der Waals surface area contributed by atoms with Crippen LogP contribution in [0.1, 0.15) is 37.9 Å². The predicted octanol–water partition coefficient (Wildman–Crippen LogP) is 5.00. The highest BCUT2D eigenvalue weighted by Gasteiger charge is 2.74. The summed E-state index contributed by atoms with van der Waals surface area (Å²) in [4.78, 5) is 56.1. The minimum Gasteiger partial charge on any atom is -0.349 e. The molecule has 6 nitrogen and oxygen atoms in total. The smallest absolute Gasteiger partial charge is 0.241 e. The van der Waals surface area contributed by atoms with Gasteiger partial charge in [0, 0.05) is 11.1 Å². The number of hydrogen-bond acceptors (Lipinski definition) is 5. The number of halogens is 2. The summed E-state index contributed by atoms with van der Waals surface area (Å²) in [5.41, 5.74) is 0.0858. The summed E-state index contributed by atoms with van der Waals surface area (Å²) >= 11 is 12.2. The van der Waals surface area contributed by atoms with E-state index in [9.17, 15) is 19.2 Å². The van der Waals surface area contributed by atoms with Crippen molar-refractivity contribution in [2.45, 2.75) is 18.6 Å². The van der Waals surface area contributed by atoms with E-state index in [4.69, 9.17) is 27.9 Å². The number of aryl methyl sites for hydroxylation is 1. The summed E-state index contributed by atoms with van der Waals surface area (Å²) in [6, 6.07) is 18.1. The van der Waals surface area contributed by atoms with E-state index in [1.807, 2.05) is 19.1 Å². The number of rotatable bonds is 2. The second kappa shape index (κ2) is 7.59. The SMILES string of the molecule is Cc1ccc([C@H]2OC3(C(=O)c4ccccc4C3=O)[C@H]3C(=O)N(c4ccc(Cl)c(Cl)c4)C(=O)[C@@H]23)cc1. The Morgan fingerprint density at radius 2 is 1.43 bits per heavy atom. The van der Waals surface area contributed by atoms with Gasteiger partial charge >= 0.3 is 0 Å². The summed E-state index contributed by atoms with van der Waals surface area (Å²) in [5, 5.41) is 0.437. The van der Waals surface area contributed by atoms with Crippen LogP contribution >= 0.6 is 23.2 Å². The zero-order chi connectivity index (χ0) is 24.6. The van der Waals surface area contributed by atoms with E-state index >= 15 is 0 Å². The number of amides is 2.